The van der Waals surface area contributed by atoms with Crippen LogP contribution in [0.25, 0.3) is 0 Å². The molecule has 1 atom stereocenters. The lowest BCUT2D eigenvalue weighted by molar-refractivity contribution is 0.222. The summed E-state index contributed by atoms with van der Waals surface area (Å²) in [5.41, 5.74) is 0. The van der Waals surface area contributed by atoms with Gasteiger partial charge in [-0.1, -0.05) is 42.8 Å². The van der Waals surface area contributed by atoms with E-state index in [4.69, 9.17) is 4.43 Å². The molecule has 1 unspecified atom stereocenters. The van der Waals surface area contributed by atoms with Gasteiger partial charge in [0.2, 0.25) is 0 Å². The molecule has 0 heterocycles. The number of allylic oxidation sites excluding steroid dienone is 1. The molecular weight excluding hydrogens is 256 g/mol. The second-order valence-corrected chi connectivity index (χ2v) is 11.2. The van der Waals surface area contributed by atoms with Gasteiger partial charge in [0.05, 0.1) is 6.10 Å². The van der Waals surface area contributed by atoms with Crippen molar-refractivity contribution in [1.29, 1.82) is 0 Å². The van der Waals surface area contributed by atoms with Crippen molar-refractivity contribution in [3.8, 4) is 0 Å². The maximum absolute atomic E-state index is 6.30. The van der Waals surface area contributed by atoms with Crippen LogP contribution in [0.4, 0.5) is 0 Å². The summed E-state index contributed by atoms with van der Waals surface area (Å²) in [6.45, 7) is 11.5. The third kappa shape index (κ3) is 2.71. The largest absolute Gasteiger partial charge is 0.409 e. The molecule has 0 fully saturated rings. The first-order valence-electron chi connectivity index (χ1n) is 5.27. The van der Waals surface area contributed by atoms with E-state index in [0.717, 1.165) is 12.8 Å². The molecule has 3 heteroatoms. The second kappa shape index (κ2) is 4.10. The zero-order chi connectivity index (χ0) is 11.0. The van der Waals surface area contributed by atoms with Gasteiger partial charge in [0, 0.05) is 4.48 Å². The molecule has 0 N–H and O–H groups in total. The maximum Gasteiger partial charge on any atom is 0.192 e. The van der Waals surface area contributed by atoms with Crippen LogP contribution in [0.3, 0.4) is 0 Å². The van der Waals surface area contributed by atoms with Crippen LogP contribution in [0, 0.1) is 0 Å². The summed E-state index contributed by atoms with van der Waals surface area (Å²) in [7, 11) is -1.58. The van der Waals surface area contributed by atoms with Crippen LogP contribution in [0.1, 0.15) is 33.6 Å². The molecule has 0 aliphatic heterocycles. The van der Waals surface area contributed by atoms with Crippen molar-refractivity contribution in [3.63, 3.8) is 0 Å². The molecule has 1 rings (SSSR count). The van der Waals surface area contributed by atoms with Gasteiger partial charge in [-0.3, -0.25) is 0 Å². The van der Waals surface area contributed by atoms with Gasteiger partial charge in [0.15, 0.2) is 8.32 Å². The van der Waals surface area contributed by atoms with Gasteiger partial charge in [-0.05, 0) is 31.0 Å². The minimum atomic E-state index is -1.58. The lowest BCUT2D eigenvalue weighted by atomic mass is 10.2. The second-order valence-electron chi connectivity index (χ2n) is 5.53. The van der Waals surface area contributed by atoms with Crippen LogP contribution in [0.15, 0.2) is 10.6 Å². The summed E-state index contributed by atoms with van der Waals surface area (Å²) in [4.78, 5) is 0. The summed E-state index contributed by atoms with van der Waals surface area (Å²) in [5.74, 6) is 0. The Morgan fingerprint density at radius 3 is 2.36 bits per heavy atom. The Hall–Kier alpha value is 0.397. The fraction of sp³-hybridized carbons (Fsp3) is 0.818. The Kier molecular flexibility index (Phi) is 3.65. The first-order valence-corrected chi connectivity index (χ1v) is 8.97. The standard InChI is InChI=1S/C11H21BrOSi/c1-11(2,3)14(4,5)13-10-8-6-7-9(10)12/h7,10H,6,8H2,1-5H3. The van der Waals surface area contributed by atoms with E-state index in [1.54, 1.807) is 0 Å². The molecule has 0 saturated heterocycles. The summed E-state index contributed by atoms with van der Waals surface area (Å²) in [6.07, 6.45) is 4.86. The molecule has 0 aromatic heterocycles. The van der Waals surface area contributed by atoms with Crippen molar-refractivity contribution < 1.29 is 4.43 Å². The van der Waals surface area contributed by atoms with Crippen LogP contribution in [0.5, 0.6) is 0 Å². The molecule has 0 aromatic rings. The molecule has 0 radical (unpaired) electrons. The minimum Gasteiger partial charge on any atom is -0.409 e. The Morgan fingerprint density at radius 2 is 2.00 bits per heavy atom. The van der Waals surface area contributed by atoms with Crippen LogP contribution in [-0.4, -0.2) is 14.4 Å². The van der Waals surface area contributed by atoms with Gasteiger partial charge in [-0.2, -0.15) is 0 Å². The van der Waals surface area contributed by atoms with Gasteiger partial charge < -0.3 is 4.43 Å². The van der Waals surface area contributed by atoms with Crippen molar-refractivity contribution in [2.75, 3.05) is 0 Å². The molecular formula is C11H21BrOSi. The summed E-state index contributed by atoms with van der Waals surface area (Å²) in [6, 6.07) is 0. The van der Waals surface area contributed by atoms with Crippen LogP contribution >= 0.6 is 15.9 Å². The van der Waals surface area contributed by atoms with Crippen molar-refractivity contribution in [2.24, 2.45) is 0 Å². The summed E-state index contributed by atoms with van der Waals surface area (Å²) >= 11 is 3.58. The molecule has 1 aliphatic carbocycles. The van der Waals surface area contributed by atoms with E-state index >= 15 is 0 Å². The molecule has 14 heavy (non-hydrogen) atoms. The fourth-order valence-corrected chi connectivity index (χ4v) is 3.32. The van der Waals surface area contributed by atoms with E-state index in [9.17, 15) is 0 Å². The highest BCUT2D eigenvalue weighted by Gasteiger charge is 2.39. The molecule has 1 nitrogen and oxygen atoms in total. The molecule has 0 spiro atoms. The number of rotatable bonds is 2. The quantitative estimate of drug-likeness (QED) is 0.678. The number of hydrogen-bond acceptors (Lipinski definition) is 1. The molecule has 1 aliphatic rings. The van der Waals surface area contributed by atoms with E-state index < -0.39 is 8.32 Å². The smallest absolute Gasteiger partial charge is 0.192 e. The topological polar surface area (TPSA) is 9.23 Å². The number of hydrogen-bond donors (Lipinski definition) is 0. The SMILES string of the molecule is CC(C)(C)[Si](C)(C)OC1CCC=C1Br. The molecule has 82 valence electrons. The van der Waals surface area contributed by atoms with E-state index in [-0.39, 0.29) is 0 Å². The molecule has 0 amide bonds. The van der Waals surface area contributed by atoms with Crippen molar-refractivity contribution >= 4 is 24.2 Å². The van der Waals surface area contributed by atoms with Gasteiger partial charge in [0.1, 0.15) is 0 Å². The average Bonchev–Trinajstić information content (AvgIpc) is 2.33. The highest BCUT2D eigenvalue weighted by molar-refractivity contribution is 9.11. The van der Waals surface area contributed by atoms with Crippen molar-refractivity contribution in [3.05, 3.63) is 10.6 Å². The lowest BCUT2D eigenvalue weighted by Gasteiger charge is -2.38. The first kappa shape index (κ1) is 12.5. The fourth-order valence-electron chi connectivity index (χ4n) is 1.29. The Labute approximate surface area is 97.2 Å². The van der Waals surface area contributed by atoms with Gasteiger partial charge in [0.25, 0.3) is 0 Å². The Bertz CT molecular complexity index is 240. The maximum atomic E-state index is 6.30. The van der Waals surface area contributed by atoms with E-state index in [1.807, 2.05) is 0 Å². The van der Waals surface area contributed by atoms with Gasteiger partial charge >= 0.3 is 0 Å². The van der Waals surface area contributed by atoms with E-state index in [1.165, 1.54) is 4.48 Å². The molecule has 0 saturated carbocycles. The zero-order valence-electron chi connectivity index (χ0n) is 9.86. The average molecular weight is 277 g/mol. The molecule has 0 aromatic carbocycles. The normalized spacial score (nSPS) is 23.9. The minimum absolute atomic E-state index is 0.308. The van der Waals surface area contributed by atoms with Gasteiger partial charge in [-0.15, -0.1) is 0 Å². The Morgan fingerprint density at radius 1 is 1.43 bits per heavy atom. The highest BCUT2D eigenvalue weighted by Crippen LogP contribution is 2.40. The third-order valence-corrected chi connectivity index (χ3v) is 8.64. The van der Waals surface area contributed by atoms with Crippen molar-refractivity contribution in [2.45, 2.75) is 57.8 Å². The highest BCUT2D eigenvalue weighted by atomic mass is 79.9. The summed E-state index contributed by atoms with van der Waals surface area (Å²) in [5, 5.41) is 0.308. The first-order chi connectivity index (χ1) is 6.24. The van der Waals surface area contributed by atoms with Crippen LogP contribution < -0.4 is 0 Å². The zero-order valence-corrected chi connectivity index (χ0v) is 12.4. The van der Waals surface area contributed by atoms with E-state index in [0.29, 0.717) is 11.1 Å². The summed E-state index contributed by atoms with van der Waals surface area (Å²) < 4.78 is 7.55. The van der Waals surface area contributed by atoms with Crippen LogP contribution in [-0.2, 0) is 4.43 Å². The Balaban J connectivity index is 2.64. The predicted octanol–water partition coefficient (Wildman–Crippen LogP) is 4.45. The van der Waals surface area contributed by atoms with E-state index in [2.05, 4.69) is 55.9 Å². The number of halogens is 1. The van der Waals surface area contributed by atoms with Crippen LogP contribution in [0.2, 0.25) is 18.1 Å². The van der Waals surface area contributed by atoms with Gasteiger partial charge in [-0.25, -0.2) is 0 Å². The predicted molar refractivity (Wildman–Crippen MR) is 68.3 cm³/mol. The molecule has 0 bridgehead atoms. The lowest BCUT2D eigenvalue weighted by Crippen LogP contribution is -2.43. The third-order valence-electron chi connectivity index (χ3n) is 3.32. The van der Waals surface area contributed by atoms with Crippen molar-refractivity contribution in [1.82, 2.24) is 0 Å². The monoisotopic (exact) mass is 276 g/mol.